The fourth-order valence-corrected chi connectivity index (χ4v) is 2.90. The fourth-order valence-electron chi connectivity index (χ4n) is 2.90. The van der Waals surface area contributed by atoms with Gasteiger partial charge in [-0.1, -0.05) is 19.3 Å². The molecule has 7 nitrogen and oxygen atoms in total. The lowest BCUT2D eigenvalue weighted by Crippen LogP contribution is -2.23. The molecule has 1 aromatic carbocycles. The van der Waals surface area contributed by atoms with Gasteiger partial charge in [-0.3, -0.25) is 10.1 Å². The first kappa shape index (κ1) is 17.0. The minimum absolute atomic E-state index is 0.0793. The van der Waals surface area contributed by atoms with Crippen molar-refractivity contribution in [2.45, 2.75) is 38.1 Å². The topological polar surface area (TPSA) is 93.0 Å². The number of nitro groups is 1. The maximum absolute atomic E-state index is 13.3. The van der Waals surface area contributed by atoms with Crippen LogP contribution in [0.2, 0.25) is 0 Å². The van der Waals surface area contributed by atoms with Gasteiger partial charge in [0.25, 0.3) is 0 Å². The largest absolute Gasteiger partial charge is 0.361 e. The second-order valence-corrected chi connectivity index (χ2v) is 5.91. The van der Waals surface area contributed by atoms with Crippen LogP contribution in [0.4, 0.5) is 31.8 Å². The van der Waals surface area contributed by atoms with Crippen LogP contribution in [0.25, 0.3) is 0 Å². The molecule has 1 saturated carbocycles. The van der Waals surface area contributed by atoms with E-state index in [4.69, 9.17) is 0 Å². The summed E-state index contributed by atoms with van der Waals surface area (Å²) < 4.78 is 26.4. The SMILES string of the molecule is O=[N+]([O-])c1c(Nc2ccc(F)c(F)c2)ncnc1NC1CCCCC1. The van der Waals surface area contributed by atoms with Crippen LogP contribution in [-0.2, 0) is 0 Å². The molecule has 0 aliphatic heterocycles. The summed E-state index contributed by atoms with van der Waals surface area (Å²) in [5, 5.41) is 17.3. The molecule has 0 amide bonds. The highest BCUT2D eigenvalue weighted by atomic mass is 19.2. The minimum atomic E-state index is -1.05. The molecule has 2 aromatic rings. The summed E-state index contributed by atoms with van der Waals surface area (Å²) in [6.45, 7) is 0. The Kier molecular flexibility index (Phi) is 5.01. The van der Waals surface area contributed by atoms with E-state index < -0.39 is 16.6 Å². The standard InChI is InChI=1S/C16H17F2N5O2/c17-12-7-6-11(8-13(12)18)22-16-14(23(24)25)15(19-9-20-16)21-10-4-2-1-3-5-10/h6-10H,1-5H2,(H2,19,20,21,22). The average Bonchev–Trinajstić information content (AvgIpc) is 2.59. The van der Waals surface area contributed by atoms with E-state index in [2.05, 4.69) is 20.6 Å². The number of anilines is 3. The van der Waals surface area contributed by atoms with Crippen molar-refractivity contribution in [2.24, 2.45) is 0 Å². The molecule has 132 valence electrons. The molecule has 0 saturated heterocycles. The Bertz CT molecular complexity index is 781. The Hall–Kier alpha value is -2.84. The molecular formula is C16H17F2N5O2. The lowest BCUT2D eigenvalue weighted by atomic mass is 9.95. The summed E-state index contributed by atoms with van der Waals surface area (Å²) in [5.41, 5.74) is -0.165. The molecule has 1 aromatic heterocycles. The molecule has 0 radical (unpaired) electrons. The van der Waals surface area contributed by atoms with Crippen LogP contribution >= 0.6 is 0 Å². The molecule has 25 heavy (non-hydrogen) atoms. The van der Waals surface area contributed by atoms with Gasteiger partial charge in [-0.15, -0.1) is 0 Å². The van der Waals surface area contributed by atoms with Crippen LogP contribution in [0.3, 0.4) is 0 Å². The number of hydrogen-bond donors (Lipinski definition) is 2. The van der Waals surface area contributed by atoms with Gasteiger partial charge in [-0.05, 0) is 25.0 Å². The monoisotopic (exact) mass is 349 g/mol. The first-order valence-corrected chi connectivity index (χ1v) is 8.02. The molecule has 2 N–H and O–H groups in total. The highest BCUT2D eigenvalue weighted by molar-refractivity contribution is 5.73. The minimum Gasteiger partial charge on any atom is -0.361 e. The fraction of sp³-hybridized carbons (Fsp3) is 0.375. The van der Waals surface area contributed by atoms with Crippen LogP contribution in [-0.4, -0.2) is 20.9 Å². The molecule has 9 heteroatoms. The van der Waals surface area contributed by atoms with Gasteiger partial charge in [0.2, 0.25) is 11.6 Å². The highest BCUT2D eigenvalue weighted by Crippen LogP contribution is 2.33. The summed E-state index contributed by atoms with van der Waals surface area (Å²) >= 11 is 0. The Balaban J connectivity index is 1.88. The zero-order valence-electron chi connectivity index (χ0n) is 13.3. The number of aromatic nitrogens is 2. The number of rotatable bonds is 5. The van der Waals surface area contributed by atoms with Gasteiger partial charge in [0, 0.05) is 17.8 Å². The quantitative estimate of drug-likeness (QED) is 0.622. The number of nitrogens with zero attached hydrogens (tertiary/aromatic N) is 3. The molecule has 1 heterocycles. The Morgan fingerprint density at radius 3 is 2.48 bits per heavy atom. The van der Waals surface area contributed by atoms with Crippen molar-refractivity contribution in [1.82, 2.24) is 9.97 Å². The molecule has 1 fully saturated rings. The lowest BCUT2D eigenvalue weighted by molar-refractivity contribution is -0.383. The molecular weight excluding hydrogens is 332 g/mol. The Morgan fingerprint density at radius 2 is 1.80 bits per heavy atom. The van der Waals surface area contributed by atoms with E-state index in [9.17, 15) is 18.9 Å². The first-order valence-electron chi connectivity index (χ1n) is 8.02. The van der Waals surface area contributed by atoms with Gasteiger partial charge in [-0.25, -0.2) is 18.7 Å². The second-order valence-electron chi connectivity index (χ2n) is 5.91. The van der Waals surface area contributed by atoms with E-state index >= 15 is 0 Å². The van der Waals surface area contributed by atoms with Crippen molar-refractivity contribution in [3.63, 3.8) is 0 Å². The van der Waals surface area contributed by atoms with E-state index in [1.165, 1.54) is 12.4 Å². The van der Waals surface area contributed by atoms with Crippen molar-refractivity contribution < 1.29 is 13.7 Å². The maximum atomic E-state index is 13.3. The summed E-state index contributed by atoms with van der Waals surface area (Å²) in [7, 11) is 0. The van der Waals surface area contributed by atoms with Gasteiger partial charge < -0.3 is 10.6 Å². The van der Waals surface area contributed by atoms with Crippen molar-refractivity contribution in [2.75, 3.05) is 10.6 Å². The normalized spacial score (nSPS) is 15.0. The van der Waals surface area contributed by atoms with E-state index in [0.717, 1.165) is 44.2 Å². The van der Waals surface area contributed by atoms with E-state index in [1.807, 2.05) is 0 Å². The zero-order valence-corrected chi connectivity index (χ0v) is 13.3. The number of nitrogens with one attached hydrogen (secondary N) is 2. The molecule has 0 unspecified atom stereocenters. The van der Waals surface area contributed by atoms with Crippen LogP contribution in [0, 0.1) is 21.7 Å². The first-order chi connectivity index (χ1) is 12.0. The van der Waals surface area contributed by atoms with Crippen LogP contribution < -0.4 is 10.6 Å². The Labute approximate surface area is 142 Å². The van der Waals surface area contributed by atoms with Crippen molar-refractivity contribution in [3.8, 4) is 0 Å². The summed E-state index contributed by atoms with van der Waals surface area (Å²) in [4.78, 5) is 18.8. The van der Waals surface area contributed by atoms with Crippen molar-refractivity contribution in [1.29, 1.82) is 0 Å². The number of hydrogen-bond acceptors (Lipinski definition) is 6. The Morgan fingerprint density at radius 1 is 1.08 bits per heavy atom. The van der Waals surface area contributed by atoms with Gasteiger partial charge in [0.1, 0.15) is 6.33 Å². The third-order valence-corrected chi connectivity index (χ3v) is 4.13. The van der Waals surface area contributed by atoms with Gasteiger partial charge >= 0.3 is 5.69 Å². The molecule has 3 rings (SSSR count). The summed E-state index contributed by atoms with van der Waals surface area (Å²) in [5.74, 6) is -2.01. The molecule has 0 spiro atoms. The van der Waals surface area contributed by atoms with Crippen molar-refractivity contribution in [3.05, 3.63) is 46.3 Å². The van der Waals surface area contributed by atoms with Crippen LogP contribution in [0.5, 0.6) is 0 Å². The predicted molar refractivity (Wildman–Crippen MR) is 88.8 cm³/mol. The third-order valence-electron chi connectivity index (χ3n) is 4.13. The third kappa shape index (κ3) is 3.98. The maximum Gasteiger partial charge on any atom is 0.353 e. The van der Waals surface area contributed by atoms with Gasteiger partial charge in [-0.2, -0.15) is 0 Å². The lowest BCUT2D eigenvalue weighted by Gasteiger charge is -2.23. The van der Waals surface area contributed by atoms with Gasteiger partial charge in [0.05, 0.1) is 4.92 Å². The van der Waals surface area contributed by atoms with E-state index in [0.29, 0.717) is 0 Å². The van der Waals surface area contributed by atoms with Crippen LogP contribution in [0.15, 0.2) is 24.5 Å². The van der Waals surface area contributed by atoms with Crippen LogP contribution in [0.1, 0.15) is 32.1 Å². The summed E-state index contributed by atoms with van der Waals surface area (Å²) in [6.07, 6.45) is 6.33. The summed E-state index contributed by atoms with van der Waals surface area (Å²) in [6, 6.07) is 3.25. The van der Waals surface area contributed by atoms with E-state index in [-0.39, 0.29) is 29.1 Å². The number of halogens is 2. The zero-order chi connectivity index (χ0) is 17.8. The number of benzene rings is 1. The van der Waals surface area contributed by atoms with Crippen molar-refractivity contribution >= 4 is 23.0 Å². The van der Waals surface area contributed by atoms with E-state index in [1.54, 1.807) is 0 Å². The molecule has 0 atom stereocenters. The second kappa shape index (κ2) is 7.37. The molecule has 0 bridgehead atoms. The predicted octanol–water partition coefficient (Wildman–Crippen LogP) is 4.15. The smallest absolute Gasteiger partial charge is 0.353 e. The molecule has 1 aliphatic carbocycles. The highest BCUT2D eigenvalue weighted by Gasteiger charge is 2.25. The van der Waals surface area contributed by atoms with Gasteiger partial charge in [0.15, 0.2) is 11.6 Å². The molecule has 1 aliphatic rings. The average molecular weight is 349 g/mol.